The van der Waals surface area contributed by atoms with Gasteiger partial charge in [-0.25, -0.2) is 4.79 Å². The van der Waals surface area contributed by atoms with Crippen LogP contribution in [0.2, 0.25) is 5.02 Å². The molecule has 1 aromatic carbocycles. The average molecular weight is 367 g/mol. The Hall–Kier alpha value is -1.26. The maximum atomic E-state index is 12.2. The molecule has 1 N–H and O–H groups in total. The van der Waals surface area contributed by atoms with Gasteiger partial charge < -0.3 is 15.0 Å². The molecule has 1 fully saturated rings. The van der Waals surface area contributed by atoms with E-state index in [1.54, 1.807) is 4.90 Å². The number of ether oxygens (including phenoxy) is 1. The van der Waals surface area contributed by atoms with Gasteiger partial charge in [0.1, 0.15) is 5.60 Å². The molecule has 2 rings (SSSR count). The van der Waals surface area contributed by atoms with Crippen molar-refractivity contribution in [2.75, 3.05) is 7.05 Å². The number of aryl methyl sites for hydroxylation is 1. The minimum Gasteiger partial charge on any atom is -0.444 e. The van der Waals surface area contributed by atoms with Crippen LogP contribution in [0.5, 0.6) is 0 Å². The molecule has 0 unspecified atom stereocenters. The van der Waals surface area contributed by atoms with E-state index in [1.165, 1.54) is 11.1 Å². The summed E-state index contributed by atoms with van der Waals surface area (Å²) in [6.45, 7) is 8.66. The summed E-state index contributed by atoms with van der Waals surface area (Å²) in [7, 11) is 1.85. The molecular formula is C20H31ClN2O2. The third kappa shape index (κ3) is 6.19. The van der Waals surface area contributed by atoms with Crippen molar-refractivity contribution < 1.29 is 9.53 Å². The highest BCUT2D eigenvalue weighted by molar-refractivity contribution is 6.30. The summed E-state index contributed by atoms with van der Waals surface area (Å²) in [5.41, 5.74) is 2.07. The summed E-state index contributed by atoms with van der Waals surface area (Å²) >= 11 is 6.01. The number of rotatable bonds is 4. The van der Waals surface area contributed by atoms with E-state index in [9.17, 15) is 4.79 Å². The van der Waals surface area contributed by atoms with Gasteiger partial charge in [0, 0.05) is 30.7 Å². The Bertz CT molecular complexity index is 590. The fourth-order valence-corrected chi connectivity index (χ4v) is 3.49. The summed E-state index contributed by atoms with van der Waals surface area (Å²) in [5.74, 6) is 0. The molecule has 1 aliphatic rings. The van der Waals surface area contributed by atoms with Crippen LogP contribution in [0.4, 0.5) is 4.79 Å². The quantitative estimate of drug-likeness (QED) is 0.822. The van der Waals surface area contributed by atoms with Gasteiger partial charge in [0.2, 0.25) is 0 Å². The molecule has 1 aliphatic carbocycles. The minimum absolute atomic E-state index is 0.222. The number of carbonyl (C=O) groups is 1. The third-order valence-corrected chi connectivity index (χ3v) is 5.05. The molecule has 1 amide bonds. The van der Waals surface area contributed by atoms with Crippen LogP contribution in [0.25, 0.3) is 0 Å². The van der Waals surface area contributed by atoms with E-state index in [4.69, 9.17) is 16.3 Å². The van der Waals surface area contributed by atoms with Gasteiger partial charge in [-0.1, -0.05) is 17.7 Å². The summed E-state index contributed by atoms with van der Waals surface area (Å²) in [6, 6.07) is 6.80. The van der Waals surface area contributed by atoms with Crippen molar-refractivity contribution >= 4 is 17.7 Å². The molecule has 0 spiro atoms. The van der Waals surface area contributed by atoms with Crippen molar-refractivity contribution in [2.45, 2.75) is 77.6 Å². The molecule has 4 nitrogen and oxygen atoms in total. The van der Waals surface area contributed by atoms with E-state index in [0.29, 0.717) is 6.04 Å². The van der Waals surface area contributed by atoms with E-state index < -0.39 is 5.60 Å². The van der Waals surface area contributed by atoms with Gasteiger partial charge in [-0.15, -0.1) is 0 Å². The zero-order valence-electron chi connectivity index (χ0n) is 16.1. The van der Waals surface area contributed by atoms with Gasteiger partial charge in [-0.3, -0.25) is 0 Å². The van der Waals surface area contributed by atoms with Crippen molar-refractivity contribution in [1.82, 2.24) is 10.2 Å². The number of amides is 1. The van der Waals surface area contributed by atoms with Gasteiger partial charge in [-0.2, -0.15) is 0 Å². The monoisotopic (exact) mass is 366 g/mol. The van der Waals surface area contributed by atoms with Crippen molar-refractivity contribution in [1.29, 1.82) is 0 Å². The van der Waals surface area contributed by atoms with Crippen LogP contribution >= 0.6 is 11.6 Å². The van der Waals surface area contributed by atoms with Gasteiger partial charge in [-0.05, 0) is 76.6 Å². The fourth-order valence-electron chi connectivity index (χ4n) is 3.26. The molecule has 5 heteroatoms. The first kappa shape index (κ1) is 20.1. The zero-order chi connectivity index (χ0) is 18.6. The van der Waals surface area contributed by atoms with Crippen LogP contribution in [-0.4, -0.2) is 35.7 Å². The minimum atomic E-state index is -0.444. The van der Waals surface area contributed by atoms with Crippen molar-refractivity contribution in [3.8, 4) is 0 Å². The number of benzene rings is 1. The maximum Gasteiger partial charge on any atom is 0.410 e. The molecular weight excluding hydrogens is 336 g/mol. The number of carbonyl (C=O) groups excluding carboxylic acids is 1. The number of nitrogens with one attached hydrogen (secondary N) is 1. The standard InChI is InChI=1S/C20H31ClN2O2/c1-14-12-16(21)7-6-15(14)13-22-17-8-10-18(11-9-17)23(5)19(24)25-20(2,3)4/h6-7,12,17-18,22H,8-11,13H2,1-5H3. The zero-order valence-corrected chi connectivity index (χ0v) is 16.8. The molecule has 25 heavy (non-hydrogen) atoms. The van der Waals surface area contributed by atoms with Crippen LogP contribution in [-0.2, 0) is 11.3 Å². The maximum absolute atomic E-state index is 12.2. The molecule has 140 valence electrons. The smallest absolute Gasteiger partial charge is 0.410 e. The Morgan fingerprint density at radius 3 is 2.48 bits per heavy atom. The van der Waals surface area contributed by atoms with E-state index >= 15 is 0 Å². The first-order chi connectivity index (χ1) is 11.7. The normalized spacial score (nSPS) is 21.0. The highest BCUT2D eigenvalue weighted by Crippen LogP contribution is 2.24. The Morgan fingerprint density at radius 1 is 1.28 bits per heavy atom. The van der Waals surface area contributed by atoms with Crippen molar-refractivity contribution in [2.24, 2.45) is 0 Å². The number of hydrogen-bond acceptors (Lipinski definition) is 3. The van der Waals surface area contributed by atoms with Gasteiger partial charge in [0.05, 0.1) is 0 Å². The second-order valence-electron chi connectivity index (χ2n) is 8.05. The predicted octanol–water partition coefficient (Wildman–Crippen LogP) is 4.92. The molecule has 0 aromatic heterocycles. The fraction of sp³-hybridized carbons (Fsp3) is 0.650. The molecule has 0 heterocycles. The lowest BCUT2D eigenvalue weighted by atomic mass is 9.90. The number of nitrogens with zero attached hydrogens (tertiary/aromatic N) is 1. The topological polar surface area (TPSA) is 41.6 Å². The molecule has 0 bridgehead atoms. The van der Waals surface area contributed by atoms with E-state index in [2.05, 4.69) is 18.3 Å². The van der Waals surface area contributed by atoms with Crippen LogP contribution in [0.15, 0.2) is 18.2 Å². The van der Waals surface area contributed by atoms with Crippen molar-refractivity contribution in [3.05, 3.63) is 34.3 Å². The Morgan fingerprint density at radius 2 is 1.92 bits per heavy atom. The molecule has 0 radical (unpaired) electrons. The van der Waals surface area contributed by atoms with E-state index in [1.807, 2.05) is 40.0 Å². The summed E-state index contributed by atoms with van der Waals surface area (Å²) in [5, 5.41) is 4.43. The second-order valence-corrected chi connectivity index (χ2v) is 8.48. The third-order valence-electron chi connectivity index (χ3n) is 4.81. The van der Waals surface area contributed by atoms with Crippen LogP contribution in [0.1, 0.15) is 57.6 Å². The lowest BCUT2D eigenvalue weighted by Gasteiger charge is -2.35. The van der Waals surface area contributed by atoms with Crippen LogP contribution in [0.3, 0.4) is 0 Å². The first-order valence-corrected chi connectivity index (χ1v) is 9.48. The summed E-state index contributed by atoms with van der Waals surface area (Å²) in [4.78, 5) is 14.0. The van der Waals surface area contributed by atoms with Gasteiger partial charge in [0.15, 0.2) is 0 Å². The van der Waals surface area contributed by atoms with Gasteiger partial charge >= 0.3 is 6.09 Å². The second kappa shape index (κ2) is 8.41. The molecule has 0 saturated heterocycles. The Balaban J connectivity index is 1.78. The lowest BCUT2D eigenvalue weighted by molar-refractivity contribution is 0.0179. The van der Waals surface area contributed by atoms with Crippen LogP contribution < -0.4 is 5.32 Å². The molecule has 1 aromatic rings. The Labute approximate surface area is 156 Å². The van der Waals surface area contributed by atoms with E-state index in [0.717, 1.165) is 37.3 Å². The SMILES string of the molecule is Cc1cc(Cl)ccc1CNC1CCC(N(C)C(=O)OC(C)(C)C)CC1. The van der Waals surface area contributed by atoms with Crippen LogP contribution in [0, 0.1) is 6.92 Å². The summed E-state index contributed by atoms with van der Waals surface area (Å²) < 4.78 is 5.47. The lowest BCUT2D eigenvalue weighted by Crippen LogP contribution is -2.44. The van der Waals surface area contributed by atoms with Gasteiger partial charge in [0.25, 0.3) is 0 Å². The van der Waals surface area contributed by atoms with E-state index in [-0.39, 0.29) is 12.1 Å². The highest BCUT2D eigenvalue weighted by Gasteiger charge is 2.29. The first-order valence-electron chi connectivity index (χ1n) is 9.10. The predicted molar refractivity (Wildman–Crippen MR) is 103 cm³/mol. The van der Waals surface area contributed by atoms with Crippen molar-refractivity contribution in [3.63, 3.8) is 0 Å². The number of hydrogen-bond donors (Lipinski definition) is 1. The largest absolute Gasteiger partial charge is 0.444 e. The summed E-state index contributed by atoms with van der Waals surface area (Å²) in [6.07, 6.45) is 3.94. The average Bonchev–Trinajstić information content (AvgIpc) is 2.52. The number of halogens is 1. The molecule has 0 aliphatic heterocycles. The molecule has 0 atom stereocenters. The Kier molecular flexibility index (Phi) is 6.75. The molecule has 1 saturated carbocycles. The highest BCUT2D eigenvalue weighted by atomic mass is 35.5.